The topological polar surface area (TPSA) is 94.2 Å². The summed E-state index contributed by atoms with van der Waals surface area (Å²) in [6.07, 6.45) is 0. The van der Waals surface area contributed by atoms with Gasteiger partial charge in [0.2, 0.25) is 16.8 Å². The summed E-state index contributed by atoms with van der Waals surface area (Å²) in [6.45, 7) is 2.30. The second-order valence-electron chi connectivity index (χ2n) is 6.07. The Morgan fingerprint density at radius 1 is 1.15 bits per heavy atom. The van der Waals surface area contributed by atoms with Gasteiger partial charge in [-0.1, -0.05) is 6.07 Å². The van der Waals surface area contributed by atoms with Crippen LogP contribution >= 0.6 is 11.3 Å². The molecule has 10 heteroatoms. The van der Waals surface area contributed by atoms with Gasteiger partial charge in [0, 0.05) is 25.0 Å². The maximum absolute atomic E-state index is 12.5. The molecule has 0 radical (unpaired) electrons. The molecule has 8 nitrogen and oxygen atoms in total. The van der Waals surface area contributed by atoms with E-state index in [-0.39, 0.29) is 23.5 Å². The number of sulfonamides is 1. The number of nitrogens with one attached hydrogen (secondary N) is 1. The van der Waals surface area contributed by atoms with Gasteiger partial charge in [-0.15, -0.1) is 11.3 Å². The number of hydrogen-bond donors (Lipinski definition) is 1. The van der Waals surface area contributed by atoms with Crippen LogP contribution in [0.3, 0.4) is 0 Å². The van der Waals surface area contributed by atoms with Crippen molar-refractivity contribution in [3.05, 3.63) is 40.8 Å². The number of amides is 1. The van der Waals surface area contributed by atoms with Crippen molar-refractivity contribution in [1.82, 2.24) is 9.62 Å². The van der Waals surface area contributed by atoms with Crippen LogP contribution in [-0.2, 0) is 21.3 Å². The Kier molecular flexibility index (Phi) is 5.04. The second-order valence-corrected chi connectivity index (χ2v) is 8.98. The predicted octanol–water partition coefficient (Wildman–Crippen LogP) is 1.43. The molecule has 0 bridgehead atoms. The fourth-order valence-electron chi connectivity index (χ4n) is 2.82. The van der Waals surface area contributed by atoms with Crippen LogP contribution in [0.25, 0.3) is 0 Å². The highest BCUT2D eigenvalue weighted by molar-refractivity contribution is 7.91. The monoisotopic (exact) mass is 410 g/mol. The summed E-state index contributed by atoms with van der Waals surface area (Å²) >= 11 is 1.03. The molecule has 0 unspecified atom stereocenters. The summed E-state index contributed by atoms with van der Waals surface area (Å²) in [4.78, 5) is 14.1. The van der Waals surface area contributed by atoms with Gasteiger partial charge in [0.15, 0.2) is 11.5 Å². The zero-order valence-corrected chi connectivity index (χ0v) is 16.0. The summed E-state index contributed by atoms with van der Waals surface area (Å²) in [5.41, 5.74) is 1.13. The van der Waals surface area contributed by atoms with Gasteiger partial charge < -0.3 is 19.1 Å². The summed E-state index contributed by atoms with van der Waals surface area (Å²) in [5.74, 6) is 1.07. The molecule has 2 aliphatic rings. The molecule has 0 spiro atoms. The summed E-state index contributed by atoms with van der Waals surface area (Å²) < 4.78 is 43.5. The fraction of sp³-hybridized carbons (Fsp3) is 0.353. The van der Waals surface area contributed by atoms with E-state index in [2.05, 4.69) is 4.72 Å². The van der Waals surface area contributed by atoms with E-state index >= 15 is 0 Å². The van der Waals surface area contributed by atoms with Crippen LogP contribution in [0.5, 0.6) is 11.5 Å². The molecule has 3 heterocycles. The van der Waals surface area contributed by atoms with Crippen molar-refractivity contribution in [2.75, 3.05) is 33.1 Å². The largest absolute Gasteiger partial charge is 0.454 e. The van der Waals surface area contributed by atoms with Crippen molar-refractivity contribution in [3.63, 3.8) is 0 Å². The van der Waals surface area contributed by atoms with E-state index in [1.54, 1.807) is 28.5 Å². The smallest absolute Gasteiger partial charge is 0.254 e. The number of carbonyl (C=O) groups is 1. The summed E-state index contributed by atoms with van der Waals surface area (Å²) in [7, 11) is -3.71. The van der Waals surface area contributed by atoms with Gasteiger partial charge >= 0.3 is 0 Å². The number of morpholine rings is 1. The lowest BCUT2D eigenvalue weighted by Crippen LogP contribution is -2.40. The standard InChI is InChI=1S/C17H18N2O6S2/c20-17(19-3-5-23-6-4-19)13-8-16(26-10-13)27(21,22)18-9-12-1-2-14-15(7-12)25-11-24-14/h1-2,7-8,10,18H,3-6,9,11H2. The minimum atomic E-state index is -3.71. The van der Waals surface area contributed by atoms with Gasteiger partial charge in [-0.2, -0.15) is 0 Å². The van der Waals surface area contributed by atoms with E-state index in [0.29, 0.717) is 43.4 Å². The molecular weight excluding hydrogens is 392 g/mol. The molecule has 4 rings (SSSR count). The highest BCUT2D eigenvalue weighted by Crippen LogP contribution is 2.32. The van der Waals surface area contributed by atoms with Crippen molar-refractivity contribution >= 4 is 27.3 Å². The minimum Gasteiger partial charge on any atom is -0.454 e. The molecule has 1 N–H and O–H groups in total. The van der Waals surface area contributed by atoms with Crippen LogP contribution in [0.4, 0.5) is 0 Å². The Morgan fingerprint density at radius 3 is 2.74 bits per heavy atom. The van der Waals surface area contributed by atoms with Gasteiger partial charge in [-0.25, -0.2) is 13.1 Å². The lowest BCUT2D eigenvalue weighted by atomic mass is 10.2. The first-order chi connectivity index (χ1) is 13.0. The third-order valence-corrected chi connectivity index (χ3v) is 7.13. The van der Waals surface area contributed by atoms with Crippen molar-refractivity contribution in [2.24, 2.45) is 0 Å². The second kappa shape index (κ2) is 7.47. The van der Waals surface area contributed by atoms with Crippen LogP contribution in [0, 0.1) is 0 Å². The Hall–Kier alpha value is -2.14. The Bertz CT molecular complexity index is 950. The van der Waals surface area contributed by atoms with E-state index < -0.39 is 10.0 Å². The van der Waals surface area contributed by atoms with E-state index in [4.69, 9.17) is 14.2 Å². The average Bonchev–Trinajstić information content (AvgIpc) is 3.36. The maximum atomic E-state index is 12.5. The quantitative estimate of drug-likeness (QED) is 0.801. The van der Waals surface area contributed by atoms with Crippen molar-refractivity contribution in [1.29, 1.82) is 0 Å². The third kappa shape index (κ3) is 3.93. The molecule has 1 saturated heterocycles. The molecule has 1 aromatic carbocycles. The van der Waals surface area contributed by atoms with E-state index in [1.807, 2.05) is 0 Å². The number of benzene rings is 1. The van der Waals surface area contributed by atoms with Gasteiger partial charge in [0.05, 0.1) is 18.8 Å². The number of thiophene rings is 1. The number of nitrogens with zero attached hydrogens (tertiary/aromatic N) is 1. The number of rotatable bonds is 5. The molecule has 1 aromatic heterocycles. The fourth-order valence-corrected chi connectivity index (χ4v) is 5.03. The van der Waals surface area contributed by atoms with Gasteiger partial charge in [0.25, 0.3) is 5.91 Å². The van der Waals surface area contributed by atoms with Crippen LogP contribution in [0.1, 0.15) is 15.9 Å². The molecular formula is C17H18N2O6S2. The molecule has 0 atom stereocenters. The zero-order valence-electron chi connectivity index (χ0n) is 14.3. The molecule has 2 aromatic rings. The number of fused-ring (bicyclic) bond motifs is 1. The third-order valence-electron chi connectivity index (χ3n) is 4.29. The van der Waals surface area contributed by atoms with Gasteiger partial charge in [-0.05, 0) is 23.8 Å². The predicted molar refractivity (Wildman–Crippen MR) is 97.6 cm³/mol. The van der Waals surface area contributed by atoms with Crippen molar-refractivity contribution in [3.8, 4) is 11.5 Å². The molecule has 1 amide bonds. The highest BCUT2D eigenvalue weighted by Gasteiger charge is 2.23. The highest BCUT2D eigenvalue weighted by atomic mass is 32.2. The Labute approximate surface area is 160 Å². The van der Waals surface area contributed by atoms with E-state index in [9.17, 15) is 13.2 Å². The number of carbonyl (C=O) groups excluding carboxylic acids is 1. The summed E-state index contributed by atoms with van der Waals surface area (Å²) in [6, 6.07) is 6.69. The van der Waals surface area contributed by atoms with Gasteiger partial charge in [-0.3, -0.25) is 4.79 Å². The first kappa shape index (κ1) is 18.2. The molecule has 2 aliphatic heterocycles. The SMILES string of the molecule is O=C(c1csc(S(=O)(=O)NCc2ccc3c(c2)OCO3)c1)N1CCOCC1. The first-order valence-corrected chi connectivity index (χ1v) is 10.7. The van der Waals surface area contributed by atoms with E-state index in [1.165, 1.54) is 6.07 Å². The van der Waals surface area contributed by atoms with E-state index in [0.717, 1.165) is 16.9 Å². The molecule has 144 valence electrons. The summed E-state index contributed by atoms with van der Waals surface area (Å²) in [5, 5.41) is 1.58. The lowest BCUT2D eigenvalue weighted by Gasteiger charge is -2.26. The minimum absolute atomic E-state index is 0.111. The average molecular weight is 410 g/mol. The molecule has 0 aliphatic carbocycles. The Morgan fingerprint density at radius 2 is 1.93 bits per heavy atom. The van der Waals surface area contributed by atoms with Crippen LogP contribution in [-0.4, -0.2) is 52.3 Å². The first-order valence-electron chi connectivity index (χ1n) is 8.37. The maximum Gasteiger partial charge on any atom is 0.254 e. The number of hydrogen-bond acceptors (Lipinski definition) is 7. The Balaban J connectivity index is 1.43. The lowest BCUT2D eigenvalue weighted by molar-refractivity contribution is 0.0303. The van der Waals surface area contributed by atoms with Crippen molar-refractivity contribution < 1.29 is 27.4 Å². The van der Waals surface area contributed by atoms with Crippen LogP contribution < -0.4 is 14.2 Å². The van der Waals surface area contributed by atoms with Gasteiger partial charge in [0.1, 0.15) is 4.21 Å². The normalized spacial score (nSPS) is 16.5. The molecule has 1 fully saturated rings. The van der Waals surface area contributed by atoms with Crippen LogP contribution in [0.2, 0.25) is 0 Å². The van der Waals surface area contributed by atoms with Crippen LogP contribution in [0.15, 0.2) is 33.9 Å². The zero-order chi connectivity index (χ0) is 18.9. The number of ether oxygens (including phenoxy) is 3. The van der Waals surface area contributed by atoms with Crippen molar-refractivity contribution in [2.45, 2.75) is 10.8 Å². The molecule has 0 saturated carbocycles. The molecule has 27 heavy (non-hydrogen) atoms.